The quantitative estimate of drug-likeness (QED) is 0.653. The van der Waals surface area contributed by atoms with Crippen LogP contribution < -0.4 is 14.8 Å². The van der Waals surface area contributed by atoms with E-state index in [4.69, 9.17) is 4.74 Å². The van der Waals surface area contributed by atoms with Gasteiger partial charge in [-0.05, 0) is 45.4 Å². The molecule has 1 N–H and O–H groups in total. The van der Waals surface area contributed by atoms with E-state index in [9.17, 15) is 26.4 Å². The SMILES string of the molecule is CC(C)n1nc(-c2cc(OC(F)F)ccc2F)c2c1CC(C(=O)N[C@]1(C)CCS(=O)(=O)C1)CO2. The van der Waals surface area contributed by atoms with E-state index in [1.165, 1.54) is 0 Å². The Balaban J connectivity index is 1.63. The number of nitrogens with one attached hydrogen (secondary N) is 1. The molecule has 3 heterocycles. The molecule has 12 heteroatoms. The molecule has 0 saturated carbocycles. The van der Waals surface area contributed by atoms with Gasteiger partial charge in [0.05, 0.1) is 28.7 Å². The van der Waals surface area contributed by atoms with Crippen LogP contribution in [0.2, 0.25) is 0 Å². The Morgan fingerprint density at radius 1 is 1.35 bits per heavy atom. The zero-order valence-electron chi connectivity index (χ0n) is 19.0. The highest BCUT2D eigenvalue weighted by atomic mass is 32.2. The van der Waals surface area contributed by atoms with Crippen LogP contribution in [-0.4, -0.2) is 54.4 Å². The molecule has 34 heavy (non-hydrogen) atoms. The molecule has 2 aliphatic heterocycles. The van der Waals surface area contributed by atoms with Gasteiger partial charge in [-0.15, -0.1) is 0 Å². The Bertz CT molecular complexity index is 1210. The lowest BCUT2D eigenvalue weighted by Gasteiger charge is -2.29. The number of sulfone groups is 1. The highest BCUT2D eigenvalue weighted by molar-refractivity contribution is 7.91. The van der Waals surface area contributed by atoms with Gasteiger partial charge >= 0.3 is 6.61 Å². The molecule has 1 amide bonds. The Morgan fingerprint density at radius 2 is 2.09 bits per heavy atom. The highest BCUT2D eigenvalue weighted by Gasteiger charge is 2.42. The van der Waals surface area contributed by atoms with Crippen LogP contribution >= 0.6 is 0 Å². The molecule has 1 saturated heterocycles. The second kappa shape index (κ2) is 8.79. The molecule has 0 radical (unpaired) electrons. The van der Waals surface area contributed by atoms with Gasteiger partial charge in [-0.2, -0.15) is 13.9 Å². The van der Waals surface area contributed by atoms with Crippen LogP contribution in [0.1, 0.15) is 38.9 Å². The van der Waals surface area contributed by atoms with Gasteiger partial charge in [-0.25, -0.2) is 12.8 Å². The summed E-state index contributed by atoms with van der Waals surface area (Å²) in [6, 6.07) is 3.10. The van der Waals surface area contributed by atoms with Gasteiger partial charge in [0, 0.05) is 18.0 Å². The first-order valence-electron chi connectivity index (χ1n) is 10.9. The van der Waals surface area contributed by atoms with Crippen molar-refractivity contribution in [2.45, 2.75) is 51.8 Å². The number of halogens is 3. The topological polar surface area (TPSA) is 99.5 Å². The van der Waals surface area contributed by atoms with Crippen molar-refractivity contribution in [2.24, 2.45) is 5.92 Å². The molecule has 8 nitrogen and oxygen atoms in total. The molecular formula is C22H26F3N3O5S. The maximum absolute atomic E-state index is 14.6. The fourth-order valence-corrected chi connectivity index (χ4v) is 6.50. The van der Waals surface area contributed by atoms with E-state index in [0.717, 1.165) is 18.2 Å². The van der Waals surface area contributed by atoms with Gasteiger partial charge < -0.3 is 14.8 Å². The van der Waals surface area contributed by atoms with E-state index >= 15 is 0 Å². The van der Waals surface area contributed by atoms with Gasteiger partial charge in [0.1, 0.15) is 23.9 Å². The molecule has 1 unspecified atom stereocenters. The van der Waals surface area contributed by atoms with Crippen molar-refractivity contribution >= 4 is 15.7 Å². The normalized spacial score (nSPS) is 23.6. The van der Waals surface area contributed by atoms with Gasteiger partial charge in [0.15, 0.2) is 15.6 Å². The molecule has 0 aliphatic carbocycles. The van der Waals surface area contributed by atoms with Crippen molar-refractivity contribution in [1.29, 1.82) is 0 Å². The summed E-state index contributed by atoms with van der Waals surface area (Å²) >= 11 is 0. The molecular weight excluding hydrogens is 475 g/mol. The van der Waals surface area contributed by atoms with E-state index < -0.39 is 33.7 Å². The van der Waals surface area contributed by atoms with Crippen molar-refractivity contribution in [3.05, 3.63) is 29.7 Å². The fraction of sp³-hybridized carbons (Fsp3) is 0.545. The zero-order valence-corrected chi connectivity index (χ0v) is 19.8. The highest BCUT2D eigenvalue weighted by Crippen LogP contribution is 2.40. The van der Waals surface area contributed by atoms with Crippen molar-refractivity contribution in [1.82, 2.24) is 15.1 Å². The van der Waals surface area contributed by atoms with Crippen LogP contribution in [0, 0.1) is 11.7 Å². The lowest BCUT2D eigenvalue weighted by Crippen LogP contribution is -2.51. The molecule has 2 aliphatic rings. The number of ether oxygens (including phenoxy) is 2. The lowest BCUT2D eigenvalue weighted by molar-refractivity contribution is -0.127. The molecule has 2 aromatic rings. The van der Waals surface area contributed by atoms with Crippen LogP contribution in [0.25, 0.3) is 11.3 Å². The van der Waals surface area contributed by atoms with E-state index in [2.05, 4.69) is 15.2 Å². The summed E-state index contributed by atoms with van der Waals surface area (Å²) in [4.78, 5) is 13.0. The van der Waals surface area contributed by atoms with E-state index in [-0.39, 0.29) is 59.2 Å². The number of rotatable bonds is 6. The predicted octanol–water partition coefficient (Wildman–Crippen LogP) is 3.12. The molecule has 4 rings (SSSR count). The summed E-state index contributed by atoms with van der Waals surface area (Å²) in [5.41, 5.74) is -0.192. The molecule has 0 spiro atoms. The number of nitrogens with zero attached hydrogens (tertiary/aromatic N) is 2. The smallest absolute Gasteiger partial charge is 0.387 e. The third-order valence-electron chi connectivity index (χ3n) is 6.04. The summed E-state index contributed by atoms with van der Waals surface area (Å²) in [6.45, 7) is 2.34. The number of hydrogen-bond acceptors (Lipinski definition) is 6. The summed E-state index contributed by atoms with van der Waals surface area (Å²) in [6.07, 6.45) is 0.578. The number of fused-ring (bicyclic) bond motifs is 1. The largest absolute Gasteiger partial charge is 0.488 e. The molecule has 2 atom stereocenters. The van der Waals surface area contributed by atoms with Crippen LogP contribution in [0.3, 0.4) is 0 Å². The first-order valence-corrected chi connectivity index (χ1v) is 12.7. The summed E-state index contributed by atoms with van der Waals surface area (Å²) in [7, 11) is -3.19. The van der Waals surface area contributed by atoms with Gasteiger partial charge in [-0.1, -0.05) is 0 Å². The summed E-state index contributed by atoms with van der Waals surface area (Å²) in [5.74, 6) is -1.65. The number of carbonyl (C=O) groups excluding carboxylic acids is 1. The Kier molecular flexibility index (Phi) is 6.30. The first-order chi connectivity index (χ1) is 15.9. The average Bonchev–Trinajstić information content (AvgIpc) is 3.25. The van der Waals surface area contributed by atoms with Gasteiger partial charge in [0.25, 0.3) is 0 Å². The van der Waals surface area contributed by atoms with E-state index in [1.807, 2.05) is 13.8 Å². The number of benzene rings is 1. The Labute approximate surface area is 195 Å². The molecule has 1 aromatic heterocycles. The fourth-order valence-electron chi connectivity index (χ4n) is 4.41. The standard InChI is InChI=1S/C22H26F3N3O5S/c1-12(2)28-17-8-13(20(29)26-22(3)6-7-34(30,31)11-22)10-32-19(17)18(27-28)15-9-14(33-21(24)25)4-5-16(15)23/h4-5,9,12-13,21H,6-8,10-11H2,1-3H3,(H,26,29)/t13?,22-/m1/s1. The van der Waals surface area contributed by atoms with E-state index in [1.54, 1.807) is 11.6 Å². The maximum atomic E-state index is 14.6. The maximum Gasteiger partial charge on any atom is 0.387 e. The summed E-state index contributed by atoms with van der Waals surface area (Å²) < 4.78 is 75.5. The van der Waals surface area contributed by atoms with E-state index in [0.29, 0.717) is 12.1 Å². The monoisotopic (exact) mass is 501 g/mol. The van der Waals surface area contributed by atoms with Crippen LogP contribution in [0.5, 0.6) is 11.5 Å². The van der Waals surface area contributed by atoms with Gasteiger partial charge in [0.2, 0.25) is 5.91 Å². The minimum Gasteiger partial charge on any atom is -0.488 e. The number of alkyl halides is 2. The molecule has 1 aromatic carbocycles. The first kappa shape index (κ1) is 24.4. The zero-order chi connectivity index (χ0) is 24.8. The number of aromatic nitrogens is 2. The lowest BCUT2D eigenvalue weighted by atomic mass is 9.95. The minimum atomic E-state index is -3.19. The van der Waals surface area contributed by atoms with Crippen LogP contribution in [-0.2, 0) is 21.1 Å². The molecule has 1 fully saturated rings. The number of amides is 1. The molecule has 186 valence electrons. The third kappa shape index (κ3) is 4.86. The van der Waals surface area contributed by atoms with Crippen LogP contribution in [0.4, 0.5) is 13.2 Å². The van der Waals surface area contributed by atoms with Crippen molar-refractivity contribution in [3.8, 4) is 22.8 Å². The predicted molar refractivity (Wildman–Crippen MR) is 117 cm³/mol. The number of hydrogen-bond donors (Lipinski definition) is 1. The van der Waals surface area contributed by atoms with Crippen LogP contribution in [0.15, 0.2) is 18.2 Å². The van der Waals surface area contributed by atoms with Crippen molar-refractivity contribution in [3.63, 3.8) is 0 Å². The molecule has 0 bridgehead atoms. The average molecular weight is 502 g/mol. The third-order valence-corrected chi connectivity index (χ3v) is 7.94. The number of carbonyl (C=O) groups is 1. The van der Waals surface area contributed by atoms with Gasteiger partial charge in [-0.3, -0.25) is 9.48 Å². The second-order valence-electron chi connectivity index (χ2n) is 9.29. The van der Waals surface area contributed by atoms with Crippen molar-refractivity contribution < 1.29 is 35.9 Å². The minimum absolute atomic E-state index is 0.0205. The Morgan fingerprint density at radius 3 is 2.71 bits per heavy atom. The van der Waals surface area contributed by atoms with Crippen molar-refractivity contribution in [2.75, 3.05) is 18.1 Å². The Hall–Kier alpha value is -2.76. The summed E-state index contributed by atoms with van der Waals surface area (Å²) in [5, 5.41) is 7.33. The second-order valence-corrected chi connectivity index (χ2v) is 11.5.